The first-order valence-electron chi connectivity index (χ1n) is 10.5. The summed E-state index contributed by atoms with van der Waals surface area (Å²) in [4.78, 5) is 0. The Hall–Kier alpha value is 0.840. The smallest absolute Gasteiger partial charge is 1.00 e. The molecule has 0 amide bonds. The average Bonchev–Trinajstić information content (AvgIpc) is 2.99. The van der Waals surface area contributed by atoms with Crippen molar-refractivity contribution >= 4 is 14.0 Å². The molecule has 1 aromatic carbocycles. The Kier molecular flexibility index (Phi) is 9.60. The molecule has 3 aliphatic rings. The fraction of sp³-hybridized carbons (Fsp3) is 0.652. The Bertz CT molecular complexity index is 643. The van der Waals surface area contributed by atoms with Gasteiger partial charge in [-0.2, -0.15) is 0 Å². The van der Waals surface area contributed by atoms with E-state index in [0.717, 1.165) is 15.0 Å². The van der Waals surface area contributed by atoms with Gasteiger partial charge in [-0.1, -0.05) is 0 Å². The number of benzene rings is 1. The molecule has 4 heteroatoms. The summed E-state index contributed by atoms with van der Waals surface area (Å²) in [6.07, 6.45) is 17.8. The molecule has 1 unspecified atom stereocenters. The van der Waals surface area contributed by atoms with Crippen molar-refractivity contribution < 1.29 is 49.2 Å². The zero-order valence-corrected chi connectivity index (χ0v) is 22.7. The van der Waals surface area contributed by atoms with Crippen molar-refractivity contribution in [1.29, 1.82) is 0 Å². The van der Waals surface area contributed by atoms with E-state index in [1.54, 1.807) is 16.7 Å². The van der Waals surface area contributed by atoms with E-state index in [4.69, 9.17) is 0 Å². The minimum absolute atomic E-state index is 0. The van der Waals surface area contributed by atoms with E-state index < -0.39 is 0 Å². The van der Waals surface area contributed by atoms with Crippen LogP contribution in [0.25, 0.3) is 6.08 Å². The summed E-state index contributed by atoms with van der Waals surface area (Å²) < 4.78 is 0.810. The summed E-state index contributed by atoms with van der Waals surface area (Å²) in [6, 6.07) is 4.73. The quantitative estimate of drug-likeness (QED) is 0.370. The molecule has 1 aromatic rings. The van der Waals surface area contributed by atoms with Crippen molar-refractivity contribution in [3.63, 3.8) is 0 Å². The van der Waals surface area contributed by atoms with Gasteiger partial charge in [-0.3, -0.25) is 0 Å². The van der Waals surface area contributed by atoms with E-state index >= 15 is 0 Å². The van der Waals surface area contributed by atoms with Crippen LogP contribution in [0.3, 0.4) is 0 Å². The Balaban J connectivity index is 0.00000131. The number of allylic oxidation sites excluding steroid dienone is 1. The molecule has 0 spiro atoms. The van der Waals surface area contributed by atoms with Crippen LogP contribution < -0.4 is 24.8 Å². The van der Waals surface area contributed by atoms with Crippen molar-refractivity contribution in [3.05, 3.63) is 39.7 Å². The first kappa shape index (κ1) is 24.1. The van der Waals surface area contributed by atoms with Crippen molar-refractivity contribution in [2.24, 2.45) is 0 Å². The average molecular weight is 589 g/mol. The molecular weight excluding hydrogens is 557 g/mol. The molecule has 0 heterocycles. The Morgan fingerprint density at radius 3 is 1.74 bits per heavy atom. The summed E-state index contributed by atoms with van der Waals surface area (Å²) in [5, 5.41) is 1.94. The van der Waals surface area contributed by atoms with Gasteiger partial charge in [0.2, 0.25) is 0 Å². The van der Waals surface area contributed by atoms with E-state index in [1.807, 2.05) is 5.31 Å². The summed E-state index contributed by atoms with van der Waals surface area (Å²) in [7, 11) is 0.0872. The second-order valence-electron chi connectivity index (χ2n) is 8.52. The molecule has 4 rings (SSSR count). The molecule has 0 aliphatic heterocycles. The number of fused-ring (bicyclic) bond motifs is 1. The predicted molar refractivity (Wildman–Crippen MR) is 107 cm³/mol. The van der Waals surface area contributed by atoms with Gasteiger partial charge in [-0.05, 0) is 0 Å². The number of hydrogen-bond acceptors (Lipinski definition) is 0. The third-order valence-corrected chi connectivity index (χ3v) is 13.5. The summed E-state index contributed by atoms with van der Waals surface area (Å²) in [5.74, 6) is 0. The molecule has 0 saturated heterocycles. The Labute approximate surface area is 194 Å². The van der Waals surface area contributed by atoms with Crippen molar-refractivity contribution in [2.45, 2.75) is 93.0 Å². The number of hydrogen-bond donors (Lipinski definition) is 0. The van der Waals surface area contributed by atoms with Crippen LogP contribution in [0.1, 0.15) is 90.1 Å². The molecule has 1 atom stereocenters. The van der Waals surface area contributed by atoms with E-state index in [0.29, 0.717) is 0 Å². The zero-order chi connectivity index (χ0) is 17.4. The van der Waals surface area contributed by atoms with Crippen molar-refractivity contribution in [2.75, 3.05) is 0 Å². The molecule has 0 nitrogen and oxygen atoms in total. The second kappa shape index (κ2) is 10.7. The monoisotopic (exact) mass is 589 g/mol. The maximum absolute atomic E-state index is 2.71. The molecule has 2 saturated carbocycles. The van der Waals surface area contributed by atoms with E-state index in [9.17, 15) is 0 Å². The van der Waals surface area contributed by atoms with Crippen LogP contribution in [0.2, 0.25) is 0 Å². The first-order chi connectivity index (χ1) is 12.2. The second-order valence-corrected chi connectivity index (χ2v) is 13.4. The maximum atomic E-state index is 2.71. The van der Waals surface area contributed by atoms with Gasteiger partial charge in [0.1, 0.15) is 0 Å². The summed E-state index contributed by atoms with van der Waals surface area (Å²) in [6.45, 7) is 4.68. The summed E-state index contributed by atoms with van der Waals surface area (Å²) in [5.41, 5.74) is 8.50. The van der Waals surface area contributed by atoms with Gasteiger partial charge < -0.3 is 24.8 Å². The van der Waals surface area contributed by atoms with Gasteiger partial charge in [0.15, 0.2) is 0 Å². The van der Waals surface area contributed by atoms with Crippen molar-refractivity contribution in [1.82, 2.24) is 0 Å². The molecular formula is C23H32Cl2HfP. The van der Waals surface area contributed by atoms with Gasteiger partial charge in [0.05, 0.1) is 0 Å². The molecule has 2 fully saturated rings. The van der Waals surface area contributed by atoms with Gasteiger partial charge >= 0.3 is 171 Å². The normalized spacial score (nSPS) is 23.4. The van der Waals surface area contributed by atoms with E-state index in [2.05, 4.69) is 32.1 Å². The van der Waals surface area contributed by atoms with Gasteiger partial charge in [-0.25, -0.2) is 0 Å². The van der Waals surface area contributed by atoms with Crippen LogP contribution in [-0.2, 0) is 24.4 Å². The molecule has 0 N–H and O–H groups in total. The Morgan fingerprint density at radius 1 is 0.778 bits per heavy atom. The minimum atomic E-state index is 0. The largest absolute Gasteiger partial charge is 1.00 e. The minimum Gasteiger partial charge on any atom is -1.00 e. The molecule has 27 heavy (non-hydrogen) atoms. The third kappa shape index (κ3) is 4.95. The third-order valence-electron chi connectivity index (χ3n) is 6.83. The van der Waals surface area contributed by atoms with Gasteiger partial charge in [0, 0.05) is 0 Å². The standard InChI is InChI=1S/C23H32P.2ClH.Hf/c1-17-13-14-18(2)23-16-21(15-22(17)23)24(19-9-5-3-6-10-19)20-11-7-4-8-12-20;;;/h13-16,19-20H,3-12H2,1-2H3;2*1H;/q;;;+2/p-2. The van der Waals surface area contributed by atoms with Crippen LogP contribution >= 0.6 is 7.92 Å². The molecule has 3 aliphatic carbocycles. The predicted octanol–water partition coefficient (Wildman–Crippen LogP) is 1.40. The van der Waals surface area contributed by atoms with Crippen molar-refractivity contribution in [3.8, 4) is 0 Å². The number of aryl methyl sites for hydroxylation is 2. The fourth-order valence-corrected chi connectivity index (χ4v) is 12.7. The number of halogens is 2. The van der Waals surface area contributed by atoms with Crippen LogP contribution in [0.15, 0.2) is 17.4 Å². The summed E-state index contributed by atoms with van der Waals surface area (Å²) >= 11 is 1.30. The molecule has 0 bridgehead atoms. The van der Waals surface area contributed by atoms with Crippen LogP contribution in [0, 0.1) is 13.8 Å². The fourth-order valence-electron chi connectivity index (χ4n) is 5.47. The van der Waals surface area contributed by atoms with Crippen LogP contribution in [0.5, 0.6) is 0 Å². The topological polar surface area (TPSA) is 0 Å². The SMILES string of the molecule is Cc1ccc(C)c2c1C=C(P(C1CCCCC1)C1CCCCC1)[CH]2[Hf+2].[Cl-].[Cl-]. The first-order valence-corrected chi connectivity index (χ1v) is 14.0. The maximum Gasteiger partial charge on any atom is -1.00 e. The van der Waals surface area contributed by atoms with E-state index in [-0.39, 0.29) is 32.7 Å². The number of rotatable bonds is 3. The van der Waals surface area contributed by atoms with Crippen LogP contribution in [0.4, 0.5) is 0 Å². The van der Waals surface area contributed by atoms with Gasteiger partial charge in [0.25, 0.3) is 0 Å². The van der Waals surface area contributed by atoms with Crippen LogP contribution in [-0.4, -0.2) is 11.3 Å². The zero-order valence-electron chi connectivity index (χ0n) is 16.7. The molecule has 0 radical (unpaired) electrons. The van der Waals surface area contributed by atoms with Gasteiger partial charge in [-0.15, -0.1) is 0 Å². The molecule has 147 valence electrons. The van der Waals surface area contributed by atoms with E-state index in [1.165, 1.54) is 94.1 Å². The molecule has 0 aromatic heterocycles. The Morgan fingerprint density at radius 2 is 1.26 bits per heavy atom.